The monoisotopic (exact) mass is 251 g/mol. The maximum absolute atomic E-state index is 12.0. The first-order valence-electron chi connectivity index (χ1n) is 6.56. The van der Waals surface area contributed by atoms with Gasteiger partial charge < -0.3 is 10.2 Å². The highest BCUT2D eigenvalue weighted by Crippen LogP contribution is 2.20. The van der Waals surface area contributed by atoms with Gasteiger partial charge in [0.15, 0.2) is 0 Å². The lowest BCUT2D eigenvalue weighted by Gasteiger charge is -2.32. The van der Waals surface area contributed by atoms with E-state index in [1.807, 2.05) is 11.9 Å². The van der Waals surface area contributed by atoms with Gasteiger partial charge in [-0.15, -0.1) is 5.10 Å². The van der Waals surface area contributed by atoms with E-state index < -0.39 is 0 Å². The molecule has 2 rings (SSSR count). The third kappa shape index (κ3) is 3.53. The van der Waals surface area contributed by atoms with E-state index in [0.29, 0.717) is 6.54 Å². The summed E-state index contributed by atoms with van der Waals surface area (Å²) in [5.74, 6) is 0.903. The molecule has 0 spiro atoms. The minimum Gasteiger partial charge on any atom is -0.341 e. The lowest BCUT2D eigenvalue weighted by atomic mass is 9.93. The van der Waals surface area contributed by atoms with E-state index in [0.717, 1.165) is 38.4 Å². The van der Waals surface area contributed by atoms with Gasteiger partial charge >= 0.3 is 0 Å². The van der Waals surface area contributed by atoms with Crippen LogP contribution in [0.5, 0.6) is 0 Å². The van der Waals surface area contributed by atoms with Crippen LogP contribution in [0, 0.1) is 5.92 Å². The average molecular weight is 251 g/mol. The Kier molecular flexibility index (Phi) is 4.69. The Morgan fingerprint density at radius 2 is 2.22 bits per heavy atom. The molecule has 1 amide bonds. The fraction of sp³-hybridized carbons (Fsp3) is 0.750. The molecule has 1 aromatic heterocycles. The largest absolute Gasteiger partial charge is 0.341 e. The SMILES string of the molecule is CNCCC1CCN(C(=O)Cn2ccnn2)CC1. The molecule has 0 bridgehead atoms. The Labute approximate surface area is 107 Å². The molecule has 100 valence electrons. The molecule has 0 unspecified atom stereocenters. The van der Waals surface area contributed by atoms with Crippen molar-refractivity contribution in [2.24, 2.45) is 5.92 Å². The summed E-state index contributed by atoms with van der Waals surface area (Å²) in [6.45, 7) is 3.13. The molecule has 1 N–H and O–H groups in total. The molecular weight excluding hydrogens is 230 g/mol. The Morgan fingerprint density at radius 1 is 1.44 bits per heavy atom. The summed E-state index contributed by atoms with van der Waals surface area (Å²) in [6.07, 6.45) is 6.76. The van der Waals surface area contributed by atoms with Crippen LogP contribution >= 0.6 is 0 Å². The van der Waals surface area contributed by atoms with Crippen molar-refractivity contribution in [3.8, 4) is 0 Å². The van der Waals surface area contributed by atoms with Crippen molar-refractivity contribution in [1.29, 1.82) is 0 Å². The number of rotatable bonds is 5. The molecule has 1 aliphatic heterocycles. The lowest BCUT2D eigenvalue weighted by Crippen LogP contribution is -2.40. The summed E-state index contributed by atoms with van der Waals surface area (Å²) in [4.78, 5) is 14.0. The molecule has 0 aliphatic carbocycles. The van der Waals surface area contributed by atoms with Crippen LogP contribution in [0.3, 0.4) is 0 Å². The Balaban J connectivity index is 1.73. The zero-order chi connectivity index (χ0) is 12.8. The molecule has 6 nitrogen and oxygen atoms in total. The van der Waals surface area contributed by atoms with Crippen molar-refractivity contribution in [3.05, 3.63) is 12.4 Å². The highest BCUT2D eigenvalue weighted by Gasteiger charge is 2.22. The predicted octanol–water partition coefficient (Wildman–Crippen LogP) is 0.126. The number of hydrogen-bond acceptors (Lipinski definition) is 4. The quantitative estimate of drug-likeness (QED) is 0.808. The van der Waals surface area contributed by atoms with Crippen LogP contribution in [0.25, 0.3) is 0 Å². The third-order valence-corrected chi connectivity index (χ3v) is 3.54. The summed E-state index contributed by atoms with van der Waals surface area (Å²) in [5.41, 5.74) is 0. The number of piperidine rings is 1. The van der Waals surface area contributed by atoms with E-state index in [9.17, 15) is 4.79 Å². The summed E-state index contributed by atoms with van der Waals surface area (Å²) < 4.78 is 1.58. The van der Waals surface area contributed by atoms with Gasteiger partial charge in [0.05, 0.1) is 6.20 Å². The number of nitrogens with zero attached hydrogens (tertiary/aromatic N) is 4. The first-order valence-corrected chi connectivity index (χ1v) is 6.56. The van der Waals surface area contributed by atoms with Crippen LogP contribution in [0.2, 0.25) is 0 Å². The third-order valence-electron chi connectivity index (χ3n) is 3.54. The second kappa shape index (κ2) is 6.49. The van der Waals surface area contributed by atoms with Crippen LogP contribution in [-0.4, -0.2) is 52.5 Å². The van der Waals surface area contributed by atoms with Gasteiger partial charge in [-0.3, -0.25) is 4.79 Å². The van der Waals surface area contributed by atoms with E-state index in [-0.39, 0.29) is 5.91 Å². The molecule has 1 fully saturated rings. The van der Waals surface area contributed by atoms with E-state index in [1.165, 1.54) is 6.42 Å². The standard InChI is InChI=1S/C12H21N5O/c1-13-5-2-11-3-7-16(8-4-11)12(18)10-17-9-6-14-15-17/h6,9,11,13H,2-5,7-8,10H2,1H3. The normalized spacial score (nSPS) is 17.1. The van der Waals surface area contributed by atoms with Crippen molar-refractivity contribution in [2.45, 2.75) is 25.8 Å². The van der Waals surface area contributed by atoms with Crippen LogP contribution in [-0.2, 0) is 11.3 Å². The maximum Gasteiger partial charge on any atom is 0.244 e. The number of aromatic nitrogens is 3. The van der Waals surface area contributed by atoms with Crippen molar-refractivity contribution < 1.29 is 4.79 Å². The Morgan fingerprint density at radius 3 is 2.83 bits per heavy atom. The molecule has 2 heterocycles. The maximum atomic E-state index is 12.0. The van der Waals surface area contributed by atoms with Crippen molar-refractivity contribution in [1.82, 2.24) is 25.2 Å². The van der Waals surface area contributed by atoms with Crippen LogP contribution < -0.4 is 5.32 Å². The molecule has 0 saturated carbocycles. The second-order valence-electron chi connectivity index (χ2n) is 4.82. The minimum absolute atomic E-state index is 0.146. The summed E-state index contributed by atoms with van der Waals surface area (Å²) in [5, 5.41) is 10.7. The number of nitrogens with one attached hydrogen (secondary N) is 1. The number of amides is 1. The van der Waals surface area contributed by atoms with Gasteiger partial charge in [-0.2, -0.15) is 0 Å². The first-order chi connectivity index (χ1) is 8.79. The fourth-order valence-electron chi connectivity index (χ4n) is 2.38. The first kappa shape index (κ1) is 13.0. The highest BCUT2D eigenvalue weighted by atomic mass is 16.2. The van der Waals surface area contributed by atoms with Gasteiger partial charge in [-0.25, -0.2) is 4.68 Å². The van der Waals surface area contributed by atoms with E-state index >= 15 is 0 Å². The predicted molar refractivity (Wildman–Crippen MR) is 67.9 cm³/mol. The molecular formula is C12H21N5O. The molecule has 6 heteroatoms. The van der Waals surface area contributed by atoms with Crippen LogP contribution in [0.1, 0.15) is 19.3 Å². The molecule has 18 heavy (non-hydrogen) atoms. The highest BCUT2D eigenvalue weighted by molar-refractivity contribution is 5.75. The van der Waals surface area contributed by atoms with Crippen LogP contribution in [0.15, 0.2) is 12.4 Å². The molecule has 1 aliphatic rings. The van der Waals surface area contributed by atoms with Gasteiger partial charge in [0.25, 0.3) is 0 Å². The van der Waals surface area contributed by atoms with E-state index in [4.69, 9.17) is 0 Å². The average Bonchev–Trinajstić information content (AvgIpc) is 2.89. The summed E-state index contributed by atoms with van der Waals surface area (Å²) in [6, 6.07) is 0. The minimum atomic E-state index is 0.146. The molecule has 0 atom stereocenters. The topological polar surface area (TPSA) is 63.1 Å². The van der Waals surface area contributed by atoms with Gasteiger partial charge in [-0.05, 0) is 38.8 Å². The molecule has 1 aromatic rings. The van der Waals surface area contributed by atoms with Crippen molar-refractivity contribution >= 4 is 5.91 Å². The van der Waals surface area contributed by atoms with Crippen LogP contribution in [0.4, 0.5) is 0 Å². The number of likely N-dealkylation sites (tertiary alicyclic amines) is 1. The smallest absolute Gasteiger partial charge is 0.244 e. The molecule has 0 radical (unpaired) electrons. The summed E-state index contributed by atoms with van der Waals surface area (Å²) in [7, 11) is 1.98. The van der Waals surface area contributed by atoms with Gasteiger partial charge in [-0.1, -0.05) is 5.21 Å². The molecule has 1 saturated heterocycles. The summed E-state index contributed by atoms with van der Waals surface area (Å²) >= 11 is 0. The number of carbonyl (C=O) groups excluding carboxylic acids is 1. The Bertz CT molecular complexity index is 357. The van der Waals surface area contributed by atoms with E-state index in [1.54, 1.807) is 17.1 Å². The van der Waals surface area contributed by atoms with Gasteiger partial charge in [0.2, 0.25) is 5.91 Å². The van der Waals surface area contributed by atoms with Gasteiger partial charge in [0.1, 0.15) is 6.54 Å². The Hall–Kier alpha value is -1.43. The fourth-order valence-corrected chi connectivity index (χ4v) is 2.38. The lowest BCUT2D eigenvalue weighted by molar-refractivity contribution is -0.133. The van der Waals surface area contributed by atoms with E-state index in [2.05, 4.69) is 15.6 Å². The molecule has 0 aromatic carbocycles. The zero-order valence-corrected chi connectivity index (χ0v) is 10.9. The second-order valence-corrected chi connectivity index (χ2v) is 4.82. The van der Waals surface area contributed by atoms with Gasteiger partial charge in [0, 0.05) is 19.3 Å². The van der Waals surface area contributed by atoms with Crippen molar-refractivity contribution in [2.75, 3.05) is 26.7 Å². The number of hydrogen-bond donors (Lipinski definition) is 1. The van der Waals surface area contributed by atoms with Crippen molar-refractivity contribution in [3.63, 3.8) is 0 Å². The zero-order valence-electron chi connectivity index (χ0n) is 10.9. The number of carbonyl (C=O) groups is 1.